The molecule has 2 fully saturated rings. The summed E-state index contributed by atoms with van der Waals surface area (Å²) in [6, 6.07) is 0.162. The molecule has 110 valence electrons. The van der Waals surface area contributed by atoms with Crippen molar-refractivity contribution >= 4 is 22.2 Å². The summed E-state index contributed by atoms with van der Waals surface area (Å²) in [6.45, 7) is 2.21. The molecular formula is C14H22N4OS. The number of fused-ring (bicyclic) bond motifs is 2. The molecule has 0 unspecified atom stereocenters. The Balaban J connectivity index is 1.60. The Kier molecular flexibility index (Phi) is 4.19. The zero-order valence-electron chi connectivity index (χ0n) is 11.9. The first-order valence-electron chi connectivity index (χ1n) is 7.62. The van der Waals surface area contributed by atoms with E-state index < -0.39 is 0 Å². The van der Waals surface area contributed by atoms with Crippen molar-refractivity contribution in [2.75, 3.05) is 5.32 Å². The van der Waals surface area contributed by atoms with Crippen molar-refractivity contribution in [2.24, 2.45) is 17.0 Å². The molecule has 3 rings (SSSR count). The van der Waals surface area contributed by atoms with Crippen LogP contribution in [0.4, 0.5) is 5.13 Å². The van der Waals surface area contributed by atoms with Crippen molar-refractivity contribution in [3.63, 3.8) is 0 Å². The number of hydrogen-bond donors (Lipinski definition) is 2. The molecule has 6 heteroatoms. The highest BCUT2D eigenvalue weighted by Gasteiger charge is 2.45. The molecule has 1 aromatic heterocycles. The number of unbranched alkanes of at least 4 members (excludes halogenated alkanes) is 2. The summed E-state index contributed by atoms with van der Waals surface area (Å²) in [5.41, 5.74) is 0.920. The summed E-state index contributed by atoms with van der Waals surface area (Å²) in [6.07, 6.45) is 8.22. The zero-order valence-corrected chi connectivity index (χ0v) is 12.7. The van der Waals surface area contributed by atoms with Gasteiger partial charge in [-0.2, -0.15) is 0 Å². The van der Waals surface area contributed by atoms with Gasteiger partial charge in [0.25, 0.3) is 0 Å². The summed E-state index contributed by atoms with van der Waals surface area (Å²) in [5, 5.41) is 26.6. The van der Waals surface area contributed by atoms with Gasteiger partial charge in [0.1, 0.15) is 5.01 Å². The third-order valence-corrected chi connectivity index (χ3v) is 5.45. The maximum atomic E-state index is 9.20. The molecular weight excluding hydrogens is 272 g/mol. The Morgan fingerprint density at radius 2 is 2.25 bits per heavy atom. The lowest BCUT2D eigenvalue weighted by Crippen LogP contribution is -2.35. The fourth-order valence-electron chi connectivity index (χ4n) is 3.49. The Morgan fingerprint density at radius 1 is 1.35 bits per heavy atom. The van der Waals surface area contributed by atoms with Crippen LogP contribution >= 0.6 is 11.3 Å². The highest BCUT2D eigenvalue weighted by Crippen LogP contribution is 2.44. The van der Waals surface area contributed by atoms with Crippen LogP contribution in [0.3, 0.4) is 0 Å². The molecule has 5 nitrogen and oxygen atoms in total. The summed E-state index contributed by atoms with van der Waals surface area (Å²) < 4.78 is 0. The first-order valence-corrected chi connectivity index (χ1v) is 8.44. The number of aromatic nitrogens is 2. The second-order valence-electron chi connectivity index (χ2n) is 5.87. The predicted octanol–water partition coefficient (Wildman–Crippen LogP) is 3.31. The normalized spacial score (nSPS) is 30.2. The third-order valence-electron chi connectivity index (χ3n) is 4.54. The van der Waals surface area contributed by atoms with Gasteiger partial charge in [0.2, 0.25) is 5.13 Å². The topological polar surface area (TPSA) is 70.4 Å². The predicted molar refractivity (Wildman–Crippen MR) is 80.6 cm³/mol. The van der Waals surface area contributed by atoms with Crippen molar-refractivity contribution in [3.05, 3.63) is 5.01 Å². The molecule has 0 aromatic carbocycles. The summed E-state index contributed by atoms with van der Waals surface area (Å²) in [7, 11) is 0. The Bertz CT molecular complexity index is 487. The average Bonchev–Trinajstić information content (AvgIpc) is 3.15. The molecule has 2 saturated carbocycles. The summed E-state index contributed by atoms with van der Waals surface area (Å²) in [5.74, 6) is 1.07. The van der Waals surface area contributed by atoms with Crippen LogP contribution in [0, 0.1) is 11.8 Å². The third kappa shape index (κ3) is 2.66. The maximum Gasteiger partial charge on any atom is 0.206 e. The monoisotopic (exact) mass is 294 g/mol. The van der Waals surface area contributed by atoms with Gasteiger partial charge >= 0.3 is 0 Å². The van der Waals surface area contributed by atoms with Gasteiger partial charge in [-0.25, -0.2) is 0 Å². The highest BCUT2D eigenvalue weighted by molar-refractivity contribution is 7.15. The Labute approximate surface area is 123 Å². The van der Waals surface area contributed by atoms with E-state index in [2.05, 4.69) is 27.6 Å². The van der Waals surface area contributed by atoms with Gasteiger partial charge in [0, 0.05) is 12.3 Å². The lowest BCUT2D eigenvalue weighted by Gasteiger charge is -2.23. The molecule has 0 saturated heterocycles. The van der Waals surface area contributed by atoms with E-state index in [-0.39, 0.29) is 6.04 Å². The molecule has 1 heterocycles. The molecule has 20 heavy (non-hydrogen) atoms. The van der Waals surface area contributed by atoms with Crippen LogP contribution in [0.1, 0.15) is 50.5 Å². The summed E-state index contributed by atoms with van der Waals surface area (Å²) in [4.78, 5) is 0. The first kappa shape index (κ1) is 13.8. The highest BCUT2D eigenvalue weighted by atomic mass is 32.1. The van der Waals surface area contributed by atoms with E-state index in [1.165, 1.54) is 32.1 Å². The van der Waals surface area contributed by atoms with E-state index in [9.17, 15) is 5.21 Å². The molecule has 0 radical (unpaired) electrons. The smallest absolute Gasteiger partial charge is 0.206 e. The van der Waals surface area contributed by atoms with E-state index in [0.717, 1.165) is 28.7 Å². The summed E-state index contributed by atoms with van der Waals surface area (Å²) >= 11 is 1.64. The lowest BCUT2D eigenvalue weighted by molar-refractivity contribution is 0.312. The Hall–Kier alpha value is -1.17. The number of anilines is 1. The molecule has 2 N–H and O–H groups in total. The quantitative estimate of drug-likeness (QED) is 0.480. The van der Waals surface area contributed by atoms with Crippen LogP contribution in [0.5, 0.6) is 0 Å². The van der Waals surface area contributed by atoms with E-state index in [0.29, 0.717) is 11.8 Å². The SMILES string of the molecule is CCCCCc1nnc(N[C@H]2/C(=N/O)[C@H]3CC[C@@H]2C3)s1. The van der Waals surface area contributed by atoms with Gasteiger partial charge in [0.05, 0.1) is 11.8 Å². The van der Waals surface area contributed by atoms with E-state index in [1.54, 1.807) is 11.3 Å². The minimum absolute atomic E-state index is 0.162. The largest absolute Gasteiger partial charge is 0.411 e. The van der Waals surface area contributed by atoms with Gasteiger partial charge in [-0.15, -0.1) is 10.2 Å². The maximum absolute atomic E-state index is 9.20. The second kappa shape index (κ2) is 6.08. The second-order valence-corrected chi connectivity index (χ2v) is 6.94. The first-order chi connectivity index (χ1) is 9.81. The van der Waals surface area contributed by atoms with Gasteiger partial charge in [0.15, 0.2) is 0 Å². The molecule has 3 atom stereocenters. The number of nitrogens with one attached hydrogen (secondary N) is 1. The van der Waals surface area contributed by atoms with Gasteiger partial charge in [-0.05, 0) is 31.6 Å². The van der Waals surface area contributed by atoms with Gasteiger partial charge in [-0.3, -0.25) is 0 Å². The Morgan fingerprint density at radius 3 is 3.05 bits per heavy atom. The molecule has 0 amide bonds. The number of nitrogens with zero attached hydrogens (tertiary/aromatic N) is 3. The van der Waals surface area contributed by atoms with Crippen LogP contribution in [0.2, 0.25) is 0 Å². The lowest BCUT2D eigenvalue weighted by atomic mass is 9.93. The average molecular weight is 294 g/mol. The van der Waals surface area contributed by atoms with Gasteiger partial charge < -0.3 is 10.5 Å². The minimum Gasteiger partial charge on any atom is -0.411 e. The van der Waals surface area contributed by atoms with E-state index >= 15 is 0 Å². The van der Waals surface area contributed by atoms with Crippen molar-refractivity contribution in [1.82, 2.24) is 10.2 Å². The number of rotatable bonds is 6. The number of aryl methyl sites for hydroxylation is 1. The van der Waals surface area contributed by atoms with Gasteiger partial charge in [-0.1, -0.05) is 36.3 Å². The van der Waals surface area contributed by atoms with Crippen LogP contribution in [-0.4, -0.2) is 27.2 Å². The number of hydrogen-bond acceptors (Lipinski definition) is 6. The van der Waals surface area contributed by atoms with Crippen LogP contribution in [0.25, 0.3) is 0 Å². The molecule has 2 aliphatic rings. The fraction of sp³-hybridized carbons (Fsp3) is 0.786. The van der Waals surface area contributed by atoms with Crippen LogP contribution in [-0.2, 0) is 6.42 Å². The molecule has 0 aliphatic heterocycles. The molecule has 1 aromatic rings. The molecule has 2 aliphatic carbocycles. The van der Waals surface area contributed by atoms with Crippen molar-refractivity contribution in [2.45, 2.75) is 57.9 Å². The molecule has 2 bridgehead atoms. The van der Waals surface area contributed by atoms with Crippen molar-refractivity contribution in [3.8, 4) is 0 Å². The van der Waals surface area contributed by atoms with Crippen molar-refractivity contribution < 1.29 is 5.21 Å². The van der Waals surface area contributed by atoms with Crippen LogP contribution in [0.15, 0.2) is 5.16 Å². The van der Waals surface area contributed by atoms with Crippen LogP contribution < -0.4 is 5.32 Å². The molecule has 0 spiro atoms. The fourth-order valence-corrected chi connectivity index (χ4v) is 4.31. The number of oxime groups is 1. The zero-order chi connectivity index (χ0) is 13.9. The van der Waals surface area contributed by atoms with E-state index in [1.807, 2.05) is 0 Å². The minimum atomic E-state index is 0.162. The van der Waals surface area contributed by atoms with Crippen molar-refractivity contribution in [1.29, 1.82) is 0 Å². The standard InChI is InChI=1S/C14H22N4OS/c1-2-3-4-5-11-16-17-14(20-11)15-12-9-6-7-10(8-9)13(12)18-19/h9-10,12,19H,2-8H2,1H3,(H,15,17)/b18-13+/t9-,10+,12-/m1/s1. The van der Waals surface area contributed by atoms with E-state index in [4.69, 9.17) is 0 Å².